The first kappa shape index (κ1) is 113. The fourth-order valence-electron chi connectivity index (χ4n) is 16.7. The first-order chi connectivity index (χ1) is 66.7. The second-order valence-corrected chi connectivity index (χ2v) is 37.1. The first-order valence-electron chi connectivity index (χ1n) is 49.1. The van der Waals surface area contributed by atoms with Crippen molar-refractivity contribution in [2.24, 2.45) is 57.9 Å². The van der Waals surface area contributed by atoms with Crippen LogP contribution in [-0.2, 0) is 104 Å². The molecule has 1 fully saturated rings. The molecule has 139 heavy (non-hydrogen) atoms. The van der Waals surface area contributed by atoms with E-state index in [9.17, 15) is 43.2 Å². The highest BCUT2D eigenvalue weighted by Gasteiger charge is 2.43. The van der Waals surface area contributed by atoms with Crippen LogP contribution in [0.2, 0.25) is 0 Å². The number of aromatic amines is 2. The number of unbranched alkanes of at least 4 members (excludes halogenated alkanes) is 5. The summed E-state index contributed by atoms with van der Waals surface area (Å²) in [5, 5.41) is 37.5. The number of likely N-dealkylation sites (tertiary alicyclic amines) is 1. The molecular weight excluding hydrogens is 1780 g/mol. The van der Waals surface area contributed by atoms with Gasteiger partial charge in [0.1, 0.15) is 84.6 Å². The summed E-state index contributed by atoms with van der Waals surface area (Å²) in [6, 6.07) is 15.2. The van der Waals surface area contributed by atoms with E-state index in [1.54, 1.807) is 112 Å². The van der Waals surface area contributed by atoms with Crippen LogP contribution in [0.1, 0.15) is 205 Å². The van der Waals surface area contributed by atoms with E-state index in [2.05, 4.69) is 84.1 Å². The van der Waals surface area contributed by atoms with E-state index in [1.807, 2.05) is 51.1 Å². The summed E-state index contributed by atoms with van der Waals surface area (Å²) in [6.45, 7) is 13.6. The van der Waals surface area contributed by atoms with Gasteiger partial charge >= 0.3 is 0 Å². The number of fused-ring (bicyclic) bond motifs is 1. The number of H-pyrrole nitrogens is 2. The Morgan fingerprint density at radius 3 is 1.15 bits per heavy atom. The normalized spacial score (nSPS) is 15.7. The van der Waals surface area contributed by atoms with Gasteiger partial charge in [-0.2, -0.15) is 0 Å². The van der Waals surface area contributed by atoms with Crippen molar-refractivity contribution in [1.82, 2.24) is 89.0 Å². The van der Waals surface area contributed by atoms with Gasteiger partial charge in [0.25, 0.3) is 0 Å². The van der Waals surface area contributed by atoms with E-state index in [0.29, 0.717) is 100 Å². The van der Waals surface area contributed by atoms with Gasteiger partial charge in [0.2, 0.25) is 88.6 Å². The number of benzene rings is 4. The molecule has 0 bridgehead atoms. The van der Waals surface area contributed by atoms with Crippen LogP contribution < -0.4 is 109 Å². The van der Waals surface area contributed by atoms with Gasteiger partial charge in [0.15, 0.2) is 0 Å². The molecule has 7 rings (SSSR count). The number of carbonyl (C=O) groups excluding carboxylic acids is 15. The Bertz CT molecular complexity index is 4880. The van der Waals surface area contributed by atoms with Crippen molar-refractivity contribution in [3.8, 4) is 0 Å². The Balaban J connectivity index is 1.06. The molecule has 29 N–H and O–H groups in total. The number of hydrogen-bond donors (Lipinski definition) is 22. The Morgan fingerprint density at radius 2 is 0.741 bits per heavy atom. The predicted octanol–water partition coefficient (Wildman–Crippen LogP) is 1.31. The molecule has 0 unspecified atom stereocenters. The van der Waals surface area contributed by atoms with Gasteiger partial charge in [-0.3, -0.25) is 71.9 Å². The molecule has 1 aliphatic rings. The molecule has 0 aliphatic carbocycles. The highest BCUT2D eigenvalue weighted by molar-refractivity contribution is 6.01. The van der Waals surface area contributed by atoms with Gasteiger partial charge in [0.05, 0.1) is 18.1 Å². The Labute approximate surface area is 815 Å². The van der Waals surface area contributed by atoms with Crippen molar-refractivity contribution >= 4 is 99.5 Å². The highest BCUT2D eigenvalue weighted by Crippen LogP contribution is 2.25. The molecule has 0 radical (unpaired) electrons. The standard InChI is InChI=1S/C100H152N24O15/c1-8-63(6)85(123-93(132)77(43-24-29-49-105)114-90(129)74(40-21-26-46-102)115-96(135)81(54-66-33-14-10-15-34-66)118-88(127)71(106)56-68-58-109-72-38-19-18-37-70(68)72)100(139)124-50-30-44-84(124)99(138)116-76(42-23-28-48-104)92(131)121-82(55-67-35-16-11-17-36-67)97(136)120-80(52-62(4)5)95(134)122-83(57-69-59-108-60-110-69)98(137)119-79(51-61(2)3)94(133)111-64(7)87(126)112-73(39-20-25-45-101)89(128)113-75(41-22-27-47-103)91(130)117-78(86(107)125)53-65-31-12-9-13-32-65/h9-19,31-38,58-64,71,73-85,109H,8,20-30,39-57,101-106H2,1-7H3,(H2,107,125)(H,108,110)(H,111,133)(H,112,126)(H,113,128)(H,114,129)(H,115,135)(H,116,138)(H,117,130)(H,118,127)(H,119,137)(H,120,136)(H,121,131)(H,122,134)(H,123,132)/t63-,64-,71-,73-,74-,75-,76-,77-,78-,79-,80-,81-,82-,83-,84-,85-/m0/s1. The topological polar surface area (TPSA) is 642 Å². The molecule has 0 saturated carbocycles. The van der Waals surface area contributed by atoms with E-state index in [4.69, 9.17) is 40.1 Å². The molecule has 1 saturated heterocycles. The number of amides is 15. The Hall–Kier alpha value is -12.6. The number of primary amides is 1. The van der Waals surface area contributed by atoms with Gasteiger partial charge < -0.3 is 124 Å². The smallest absolute Gasteiger partial charge is 0.246 e. The zero-order chi connectivity index (χ0) is 101. The summed E-state index contributed by atoms with van der Waals surface area (Å²) in [6.07, 6.45) is 10.0. The third-order valence-corrected chi connectivity index (χ3v) is 24.8. The summed E-state index contributed by atoms with van der Waals surface area (Å²) < 4.78 is 0. The van der Waals surface area contributed by atoms with Crippen molar-refractivity contribution in [1.29, 1.82) is 0 Å². The molecule has 4 aromatic carbocycles. The van der Waals surface area contributed by atoms with Crippen LogP contribution in [0.4, 0.5) is 0 Å². The molecular formula is C100H152N24O15. The van der Waals surface area contributed by atoms with E-state index < -0.39 is 185 Å². The van der Waals surface area contributed by atoms with Crippen molar-refractivity contribution in [3.63, 3.8) is 0 Å². The van der Waals surface area contributed by atoms with Gasteiger partial charge in [0, 0.05) is 55.5 Å². The number of nitrogens with two attached hydrogens (primary N) is 7. The van der Waals surface area contributed by atoms with Crippen molar-refractivity contribution < 1.29 is 71.9 Å². The van der Waals surface area contributed by atoms with Crippen LogP contribution in [0.15, 0.2) is 134 Å². The maximum absolute atomic E-state index is 15.3. The third kappa shape index (κ3) is 38.3. The van der Waals surface area contributed by atoms with E-state index in [1.165, 1.54) is 24.3 Å². The molecule has 1 aliphatic heterocycles. The molecule has 0 spiro atoms. The fourth-order valence-corrected chi connectivity index (χ4v) is 16.7. The SMILES string of the molecule is CC[C@H](C)[C@H](NC(=O)[C@H](CCCCN)NC(=O)[C@H](CCCCN)NC(=O)[C@H](Cc1ccccc1)NC(=O)[C@@H](N)Cc1c[nH]c2ccccc12)C(=O)N1CCC[C@H]1C(=O)N[C@@H](CCCCN)C(=O)N[C@@H](Cc1ccccc1)C(=O)N[C@@H](CC(C)C)C(=O)N[C@@H](Cc1c[nH]cn1)C(=O)N[C@@H](CC(C)C)C(=O)N[C@@H](C)C(=O)N[C@@H](CCCCN)C(=O)N[C@@H](CCCCN)C(=O)N[C@@H](Cc1ccccc1)C(N)=O. The molecule has 16 atom stereocenters. The van der Waals surface area contributed by atoms with Crippen LogP contribution in [0, 0.1) is 17.8 Å². The summed E-state index contributed by atoms with van der Waals surface area (Å²) >= 11 is 0. The highest BCUT2D eigenvalue weighted by atomic mass is 16.2. The average molecular weight is 1930 g/mol. The maximum Gasteiger partial charge on any atom is 0.246 e. The second kappa shape index (κ2) is 60.3. The molecule has 762 valence electrons. The van der Waals surface area contributed by atoms with E-state index >= 15 is 28.8 Å². The summed E-state index contributed by atoms with van der Waals surface area (Å²) in [5.41, 5.74) is 45.9. The molecule has 15 amide bonds. The minimum Gasteiger partial charge on any atom is -0.368 e. The van der Waals surface area contributed by atoms with Gasteiger partial charge in [-0.15, -0.1) is 0 Å². The number of rotatable bonds is 64. The minimum atomic E-state index is -1.47. The fraction of sp³-hybridized carbons (Fsp3) is 0.560. The van der Waals surface area contributed by atoms with Crippen LogP contribution in [0.25, 0.3) is 10.9 Å². The third-order valence-electron chi connectivity index (χ3n) is 24.8. The Kier molecular flexibility index (Phi) is 49.2. The van der Waals surface area contributed by atoms with E-state index in [0.717, 1.165) is 22.0 Å². The van der Waals surface area contributed by atoms with Crippen molar-refractivity contribution in [2.75, 3.05) is 39.3 Å². The number of para-hydroxylation sites is 1. The lowest BCUT2D eigenvalue weighted by molar-refractivity contribution is -0.143. The van der Waals surface area contributed by atoms with Crippen molar-refractivity contribution in [2.45, 2.75) is 300 Å². The van der Waals surface area contributed by atoms with Crippen LogP contribution in [0.3, 0.4) is 0 Å². The van der Waals surface area contributed by atoms with E-state index in [-0.39, 0.29) is 128 Å². The summed E-state index contributed by atoms with van der Waals surface area (Å²) in [7, 11) is 0. The zero-order valence-electron chi connectivity index (χ0n) is 81.6. The van der Waals surface area contributed by atoms with Gasteiger partial charge in [-0.1, -0.05) is 157 Å². The number of nitrogens with one attached hydrogen (secondary N) is 15. The molecule has 6 aromatic rings. The number of carbonyl (C=O) groups is 15. The van der Waals surface area contributed by atoms with Gasteiger partial charge in [-0.05, 0) is 214 Å². The quantitative estimate of drug-likeness (QED) is 0.0239. The molecule has 3 heterocycles. The van der Waals surface area contributed by atoms with Crippen molar-refractivity contribution in [3.05, 3.63) is 162 Å². The molecule has 2 aromatic heterocycles. The molecule has 39 heteroatoms. The lowest BCUT2D eigenvalue weighted by atomic mass is 9.96. The molecule has 39 nitrogen and oxygen atoms in total. The monoisotopic (exact) mass is 1930 g/mol. The van der Waals surface area contributed by atoms with Crippen LogP contribution >= 0.6 is 0 Å². The minimum absolute atomic E-state index is 0.00267. The number of nitrogens with zero attached hydrogens (tertiary/aromatic N) is 2. The lowest BCUT2D eigenvalue weighted by Gasteiger charge is -2.33. The first-order valence-corrected chi connectivity index (χ1v) is 49.1. The zero-order valence-corrected chi connectivity index (χ0v) is 81.6. The number of imidazole rings is 1. The number of aromatic nitrogens is 3. The largest absolute Gasteiger partial charge is 0.368 e. The summed E-state index contributed by atoms with van der Waals surface area (Å²) in [4.78, 5) is 231. The average Bonchev–Trinajstić information content (AvgIpc) is 1.54. The lowest BCUT2D eigenvalue weighted by Crippen LogP contribution is -2.61. The Morgan fingerprint density at radius 1 is 0.388 bits per heavy atom. The predicted molar refractivity (Wildman–Crippen MR) is 530 cm³/mol. The van der Waals surface area contributed by atoms with Gasteiger partial charge in [-0.25, -0.2) is 4.98 Å². The summed E-state index contributed by atoms with van der Waals surface area (Å²) in [5.74, 6) is -12.2. The maximum atomic E-state index is 15.3. The number of hydrogen-bond acceptors (Lipinski definition) is 22. The van der Waals surface area contributed by atoms with Crippen LogP contribution in [-0.4, -0.2) is 238 Å². The van der Waals surface area contributed by atoms with Crippen LogP contribution in [0.5, 0.6) is 0 Å². The second-order valence-electron chi connectivity index (χ2n) is 37.1.